The van der Waals surface area contributed by atoms with E-state index in [1.165, 1.54) is 22.1 Å². The fourth-order valence-corrected chi connectivity index (χ4v) is 3.24. The topological polar surface area (TPSA) is 76.9 Å². The third-order valence-electron chi connectivity index (χ3n) is 4.11. The maximum atomic E-state index is 12.7. The van der Waals surface area contributed by atoms with E-state index in [-0.39, 0.29) is 11.5 Å². The average Bonchev–Trinajstić information content (AvgIpc) is 3.17. The molecular formula is C19H20N4O2S. The highest BCUT2D eigenvalue weighted by Crippen LogP contribution is 2.22. The number of rotatable bonds is 6. The lowest BCUT2D eigenvalue weighted by atomic mass is 10.0. The molecule has 3 rings (SSSR count). The Labute approximate surface area is 155 Å². The van der Waals surface area contributed by atoms with Crippen LogP contribution in [0, 0.1) is 0 Å². The van der Waals surface area contributed by atoms with Crippen LogP contribution in [0.4, 0.5) is 0 Å². The number of thiophene rings is 1. The molecule has 0 aliphatic rings. The molecule has 0 bridgehead atoms. The quantitative estimate of drug-likeness (QED) is 0.725. The Morgan fingerprint density at radius 3 is 2.65 bits per heavy atom. The summed E-state index contributed by atoms with van der Waals surface area (Å²) in [6, 6.07) is 10.8. The molecule has 0 atom stereocenters. The minimum atomic E-state index is -1.09. The van der Waals surface area contributed by atoms with Crippen LogP contribution in [-0.2, 0) is 16.8 Å². The minimum Gasteiger partial charge on any atom is -0.354 e. The lowest BCUT2D eigenvalue weighted by Crippen LogP contribution is -2.50. The smallest absolute Gasteiger partial charge is 0.267 e. The number of aromatic nitrogens is 3. The molecule has 6 nitrogen and oxygen atoms in total. The van der Waals surface area contributed by atoms with Crippen LogP contribution in [-0.4, -0.2) is 27.2 Å². The molecule has 0 fully saturated rings. The molecule has 0 saturated carbocycles. The highest BCUT2D eigenvalue weighted by atomic mass is 32.1. The molecule has 1 N–H and O–H groups in total. The van der Waals surface area contributed by atoms with Crippen LogP contribution in [0.1, 0.15) is 19.4 Å². The van der Waals surface area contributed by atoms with Crippen LogP contribution in [0.25, 0.3) is 10.6 Å². The van der Waals surface area contributed by atoms with Gasteiger partial charge in [-0.05, 0) is 55.5 Å². The standard InChI is InChI=1S/C19H20N4O2S/c1-19(2,18(25)21-12-9-14-7-10-20-11-8-14)23-17(24)6-5-15(22-23)16-4-3-13-26-16/h3-8,10-11,13H,9,12H2,1-2H3,(H,21,25). The molecule has 134 valence electrons. The van der Waals surface area contributed by atoms with Gasteiger partial charge in [-0.3, -0.25) is 14.6 Å². The van der Waals surface area contributed by atoms with Crippen LogP contribution in [0.2, 0.25) is 0 Å². The monoisotopic (exact) mass is 368 g/mol. The van der Waals surface area contributed by atoms with Crippen molar-refractivity contribution in [3.8, 4) is 10.6 Å². The lowest BCUT2D eigenvalue weighted by Gasteiger charge is -2.25. The number of hydrogen-bond donors (Lipinski definition) is 1. The third-order valence-corrected chi connectivity index (χ3v) is 5.00. The second-order valence-electron chi connectivity index (χ2n) is 6.37. The molecule has 0 aromatic carbocycles. The summed E-state index contributed by atoms with van der Waals surface area (Å²) in [5.41, 5.74) is 0.368. The van der Waals surface area contributed by atoms with Crippen molar-refractivity contribution in [1.29, 1.82) is 0 Å². The van der Waals surface area contributed by atoms with E-state index in [1.807, 2.05) is 29.6 Å². The van der Waals surface area contributed by atoms with E-state index in [9.17, 15) is 9.59 Å². The summed E-state index contributed by atoms with van der Waals surface area (Å²) in [6.07, 6.45) is 4.14. The summed E-state index contributed by atoms with van der Waals surface area (Å²) in [4.78, 5) is 29.9. The average molecular weight is 368 g/mol. The summed E-state index contributed by atoms with van der Waals surface area (Å²) in [5, 5.41) is 9.26. The summed E-state index contributed by atoms with van der Waals surface area (Å²) in [7, 11) is 0. The molecule has 0 radical (unpaired) electrons. The van der Waals surface area contributed by atoms with Gasteiger partial charge in [-0.1, -0.05) is 6.07 Å². The first-order valence-corrected chi connectivity index (χ1v) is 9.18. The molecule has 0 unspecified atom stereocenters. The molecule has 0 spiro atoms. The number of nitrogens with zero attached hydrogens (tertiary/aromatic N) is 3. The number of nitrogens with one attached hydrogen (secondary N) is 1. The molecular weight excluding hydrogens is 348 g/mol. The molecule has 0 saturated heterocycles. The van der Waals surface area contributed by atoms with Gasteiger partial charge in [0.2, 0.25) is 5.91 Å². The van der Waals surface area contributed by atoms with Gasteiger partial charge in [0.25, 0.3) is 5.56 Å². The molecule has 26 heavy (non-hydrogen) atoms. The van der Waals surface area contributed by atoms with Gasteiger partial charge in [-0.15, -0.1) is 11.3 Å². The minimum absolute atomic E-state index is 0.246. The lowest BCUT2D eigenvalue weighted by molar-refractivity contribution is -0.128. The molecule has 0 aliphatic carbocycles. The van der Waals surface area contributed by atoms with Crippen LogP contribution >= 0.6 is 11.3 Å². The van der Waals surface area contributed by atoms with E-state index in [1.54, 1.807) is 32.3 Å². The second-order valence-corrected chi connectivity index (χ2v) is 7.31. The highest BCUT2D eigenvalue weighted by Gasteiger charge is 2.32. The van der Waals surface area contributed by atoms with Crippen LogP contribution < -0.4 is 10.9 Å². The van der Waals surface area contributed by atoms with Gasteiger partial charge >= 0.3 is 0 Å². The van der Waals surface area contributed by atoms with Gasteiger partial charge in [0.05, 0.1) is 4.88 Å². The first-order valence-electron chi connectivity index (χ1n) is 8.30. The van der Waals surface area contributed by atoms with Crippen molar-refractivity contribution in [3.05, 3.63) is 70.1 Å². The first-order chi connectivity index (χ1) is 12.5. The number of carbonyl (C=O) groups excluding carboxylic acids is 1. The third kappa shape index (κ3) is 3.88. The number of amides is 1. The van der Waals surface area contributed by atoms with Gasteiger partial charge < -0.3 is 5.32 Å². The normalized spacial score (nSPS) is 11.3. The molecule has 3 heterocycles. The van der Waals surface area contributed by atoms with E-state index in [0.29, 0.717) is 18.7 Å². The van der Waals surface area contributed by atoms with Crippen molar-refractivity contribution in [2.24, 2.45) is 0 Å². The number of hydrogen-bond acceptors (Lipinski definition) is 5. The largest absolute Gasteiger partial charge is 0.354 e. The Balaban J connectivity index is 1.75. The van der Waals surface area contributed by atoms with Crippen LogP contribution in [0.3, 0.4) is 0 Å². The predicted octanol–water partition coefficient (Wildman–Crippen LogP) is 2.46. The Morgan fingerprint density at radius 1 is 1.19 bits per heavy atom. The van der Waals surface area contributed by atoms with E-state index in [2.05, 4.69) is 15.4 Å². The van der Waals surface area contributed by atoms with Gasteiger partial charge in [0.15, 0.2) is 0 Å². The van der Waals surface area contributed by atoms with E-state index in [4.69, 9.17) is 0 Å². The summed E-state index contributed by atoms with van der Waals surface area (Å²) >= 11 is 1.54. The fourth-order valence-electron chi connectivity index (χ4n) is 2.55. The molecule has 7 heteroatoms. The van der Waals surface area contributed by atoms with E-state index in [0.717, 1.165) is 10.4 Å². The summed E-state index contributed by atoms with van der Waals surface area (Å²) in [5.74, 6) is -0.246. The zero-order chi connectivity index (χ0) is 18.6. The van der Waals surface area contributed by atoms with Gasteiger partial charge in [-0.2, -0.15) is 5.10 Å². The molecule has 1 amide bonds. The Morgan fingerprint density at radius 2 is 1.96 bits per heavy atom. The SMILES string of the molecule is CC(C)(C(=O)NCCc1ccncc1)n1nc(-c2cccs2)ccc1=O. The van der Waals surface area contributed by atoms with Gasteiger partial charge in [0.1, 0.15) is 11.2 Å². The summed E-state index contributed by atoms with van der Waals surface area (Å²) in [6.45, 7) is 3.87. The fraction of sp³-hybridized carbons (Fsp3) is 0.263. The number of pyridine rings is 1. The van der Waals surface area contributed by atoms with Crippen molar-refractivity contribution in [2.75, 3.05) is 6.54 Å². The second kappa shape index (κ2) is 7.61. The first kappa shape index (κ1) is 18.0. The number of carbonyl (C=O) groups is 1. The van der Waals surface area contributed by atoms with Gasteiger partial charge in [0, 0.05) is 25.0 Å². The van der Waals surface area contributed by atoms with Crippen molar-refractivity contribution < 1.29 is 4.79 Å². The maximum absolute atomic E-state index is 12.7. The Hall–Kier alpha value is -2.80. The molecule has 0 aliphatic heterocycles. The highest BCUT2D eigenvalue weighted by molar-refractivity contribution is 7.13. The Bertz CT molecular complexity index is 934. The maximum Gasteiger partial charge on any atom is 0.267 e. The zero-order valence-corrected chi connectivity index (χ0v) is 15.5. The Kier molecular flexibility index (Phi) is 5.27. The van der Waals surface area contributed by atoms with Crippen molar-refractivity contribution in [1.82, 2.24) is 20.1 Å². The van der Waals surface area contributed by atoms with E-state index >= 15 is 0 Å². The summed E-state index contributed by atoms with van der Waals surface area (Å²) < 4.78 is 1.25. The zero-order valence-electron chi connectivity index (χ0n) is 14.7. The molecule has 3 aromatic rings. The van der Waals surface area contributed by atoms with Crippen molar-refractivity contribution >= 4 is 17.2 Å². The van der Waals surface area contributed by atoms with Crippen molar-refractivity contribution in [2.45, 2.75) is 25.8 Å². The van der Waals surface area contributed by atoms with Crippen LogP contribution in [0.5, 0.6) is 0 Å². The predicted molar refractivity (Wildman–Crippen MR) is 102 cm³/mol. The van der Waals surface area contributed by atoms with E-state index < -0.39 is 5.54 Å². The van der Waals surface area contributed by atoms with Gasteiger partial charge in [-0.25, -0.2) is 4.68 Å². The molecule has 3 aromatic heterocycles. The van der Waals surface area contributed by atoms with Crippen molar-refractivity contribution in [3.63, 3.8) is 0 Å². The van der Waals surface area contributed by atoms with Crippen LogP contribution in [0.15, 0.2) is 59.0 Å².